The van der Waals surface area contributed by atoms with Gasteiger partial charge >= 0.3 is 0 Å². The van der Waals surface area contributed by atoms with E-state index in [1.807, 2.05) is 0 Å². The maximum atomic E-state index is 2.40. The summed E-state index contributed by atoms with van der Waals surface area (Å²) in [5, 5.41) is 2.65. The van der Waals surface area contributed by atoms with E-state index in [-0.39, 0.29) is 0 Å². The summed E-state index contributed by atoms with van der Waals surface area (Å²) >= 11 is 0. The van der Waals surface area contributed by atoms with Gasteiger partial charge < -0.3 is 4.57 Å². The molecule has 130 valence electrons. The summed E-state index contributed by atoms with van der Waals surface area (Å²) in [6, 6.07) is 34.9. The van der Waals surface area contributed by atoms with Crippen molar-refractivity contribution in [3.05, 3.63) is 97.1 Å². The first-order chi connectivity index (χ1) is 13.4. The van der Waals surface area contributed by atoms with Gasteiger partial charge in [-0.15, -0.1) is 0 Å². The lowest BCUT2D eigenvalue weighted by atomic mass is 9.94. The zero-order chi connectivity index (χ0) is 18.2. The van der Waals surface area contributed by atoms with E-state index in [4.69, 9.17) is 0 Å². The summed E-state index contributed by atoms with van der Waals surface area (Å²) in [5.74, 6) is 0. The molecule has 0 N–H and O–H groups in total. The largest absolute Gasteiger partial charge is 0.341 e. The molecule has 0 atom stereocenters. The van der Waals surface area contributed by atoms with Crippen LogP contribution in [0.25, 0.3) is 44.1 Å². The SMILES string of the molecule is CCn1c2ccccc2c2cc(-c3ccccc3-c3ccccc3)ccc21. The Hall–Kier alpha value is -3.32. The van der Waals surface area contributed by atoms with Crippen molar-refractivity contribution in [2.45, 2.75) is 13.5 Å². The molecule has 4 aromatic carbocycles. The monoisotopic (exact) mass is 347 g/mol. The van der Waals surface area contributed by atoms with Crippen LogP contribution >= 0.6 is 0 Å². The normalized spacial score (nSPS) is 11.3. The van der Waals surface area contributed by atoms with E-state index in [1.54, 1.807) is 0 Å². The third-order valence-corrected chi connectivity index (χ3v) is 5.41. The lowest BCUT2D eigenvalue weighted by molar-refractivity contribution is 0.827. The molecule has 27 heavy (non-hydrogen) atoms. The van der Waals surface area contributed by atoms with Gasteiger partial charge in [-0.25, -0.2) is 0 Å². The Morgan fingerprint density at radius 2 is 1.19 bits per heavy atom. The third-order valence-electron chi connectivity index (χ3n) is 5.41. The second kappa shape index (κ2) is 6.44. The van der Waals surface area contributed by atoms with E-state index in [1.165, 1.54) is 44.1 Å². The van der Waals surface area contributed by atoms with Gasteiger partial charge in [-0.05, 0) is 47.4 Å². The van der Waals surface area contributed by atoms with Crippen LogP contribution in [-0.4, -0.2) is 4.57 Å². The Kier molecular flexibility index (Phi) is 3.79. The van der Waals surface area contributed by atoms with E-state index in [9.17, 15) is 0 Å². The smallest absolute Gasteiger partial charge is 0.0491 e. The van der Waals surface area contributed by atoms with E-state index >= 15 is 0 Å². The lowest BCUT2D eigenvalue weighted by Crippen LogP contribution is -1.92. The fourth-order valence-electron chi connectivity index (χ4n) is 4.17. The van der Waals surface area contributed by atoms with Crippen molar-refractivity contribution in [1.82, 2.24) is 4.57 Å². The molecule has 1 nitrogen and oxygen atoms in total. The van der Waals surface area contributed by atoms with Crippen molar-refractivity contribution in [1.29, 1.82) is 0 Å². The molecule has 5 aromatic rings. The molecule has 0 amide bonds. The second-order valence-corrected chi connectivity index (χ2v) is 6.90. The van der Waals surface area contributed by atoms with Crippen LogP contribution in [0.15, 0.2) is 97.1 Å². The van der Waals surface area contributed by atoms with E-state index in [0.29, 0.717) is 0 Å². The summed E-state index contributed by atoms with van der Waals surface area (Å²) in [6.07, 6.45) is 0. The maximum Gasteiger partial charge on any atom is 0.0491 e. The van der Waals surface area contributed by atoms with Gasteiger partial charge in [-0.3, -0.25) is 0 Å². The fourth-order valence-corrected chi connectivity index (χ4v) is 4.17. The first-order valence-corrected chi connectivity index (χ1v) is 9.52. The van der Waals surface area contributed by atoms with Crippen molar-refractivity contribution in [2.75, 3.05) is 0 Å². The molecular weight excluding hydrogens is 326 g/mol. The number of aromatic nitrogens is 1. The van der Waals surface area contributed by atoms with Crippen molar-refractivity contribution in [3.63, 3.8) is 0 Å². The molecule has 0 spiro atoms. The van der Waals surface area contributed by atoms with Crippen LogP contribution in [0.3, 0.4) is 0 Å². The summed E-state index contributed by atoms with van der Waals surface area (Å²) < 4.78 is 2.40. The Morgan fingerprint density at radius 3 is 1.96 bits per heavy atom. The van der Waals surface area contributed by atoms with Gasteiger partial charge in [-0.1, -0.05) is 78.9 Å². The standard InChI is InChI=1S/C26H21N/c1-2-27-25-15-9-8-14-23(25)24-18-20(16-17-26(24)27)22-13-7-6-12-21(22)19-10-4-3-5-11-19/h3-18H,2H2,1H3. The number of rotatable bonds is 3. The van der Waals surface area contributed by atoms with Crippen LogP contribution in [0.5, 0.6) is 0 Å². The molecule has 1 heterocycles. The van der Waals surface area contributed by atoms with E-state index in [0.717, 1.165) is 6.54 Å². The van der Waals surface area contributed by atoms with Gasteiger partial charge in [0, 0.05) is 28.4 Å². The first-order valence-electron chi connectivity index (χ1n) is 9.52. The van der Waals surface area contributed by atoms with Gasteiger partial charge in [0.25, 0.3) is 0 Å². The maximum absolute atomic E-state index is 2.40. The van der Waals surface area contributed by atoms with Crippen molar-refractivity contribution >= 4 is 21.8 Å². The Bertz CT molecular complexity index is 1250. The molecule has 1 aromatic heterocycles. The van der Waals surface area contributed by atoms with Crippen LogP contribution in [0, 0.1) is 0 Å². The molecule has 1 heteroatoms. The number of benzene rings is 4. The number of hydrogen-bond acceptors (Lipinski definition) is 0. The minimum Gasteiger partial charge on any atom is -0.341 e. The van der Waals surface area contributed by atoms with Crippen molar-refractivity contribution in [3.8, 4) is 22.3 Å². The number of nitrogens with zero attached hydrogens (tertiary/aromatic N) is 1. The molecule has 0 unspecified atom stereocenters. The summed E-state index contributed by atoms with van der Waals surface area (Å²) in [5.41, 5.74) is 7.68. The Balaban J connectivity index is 1.77. The van der Waals surface area contributed by atoms with Crippen LogP contribution in [-0.2, 0) is 6.54 Å². The van der Waals surface area contributed by atoms with Crippen molar-refractivity contribution < 1.29 is 0 Å². The van der Waals surface area contributed by atoms with Crippen molar-refractivity contribution in [2.24, 2.45) is 0 Å². The zero-order valence-electron chi connectivity index (χ0n) is 15.4. The minimum atomic E-state index is 0.976. The van der Waals surface area contributed by atoms with Gasteiger partial charge in [0.15, 0.2) is 0 Å². The molecule has 0 aliphatic rings. The highest BCUT2D eigenvalue weighted by atomic mass is 15.0. The quantitative estimate of drug-likeness (QED) is 0.326. The van der Waals surface area contributed by atoms with Crippen LogP contribution in [0.1, 0.15) is 6.92 Å². The van der Waals surface area contributed by atoms with E-state index in [2.05, 4.69) is 109 Å². The third kappa shape index (κ3) is 2.55. The summed E-state index contributed by atoms with van der Waals surface area (Å²) in [7, 11) is 0. The average Bonchev–Trinajstić information content (AvgIpc) is 3.07. The molecule has 5 rings (SSSR count). The molecule has 0 aliphatic heterocycles. The summed E-state index contributed by atoms with van der Waals surface area (Å²) in [6.45, 7) is 3.19. The van der Waals surface area contributed by atoms with Crippen LogP contribution in [0.2, 0.25) is 0 Å². The molecule has 0 radical (unpaired) electrons. The topological polar surface area (TPSA) is 4.93 Å². The van der Waals surface area contributed by atoms with E-state index < -0.39 is 0 Å². The van der Waals surface area contributed by atoms with Gasteiger partial charge in [0.05, 0.1) is 0 Å². The molecule has 0 bridgehead atoms. The predicted molar refractivity (Wildman–Crippen MR) is 116 cm³/mol. The molecule has 0 saturated carbocycles. The fraction of sp³-hybridized carbons (Fsp3) is 0.0769. The Morgan fingerprint density at radius 1 is 0.556 bits per heavy atom. The highest BCUT2D eigenvalue weighted by molar-refractivity contribution is 6.09. The number of para-hydroxylation sites is 1. The predicted octanol–water partition coefficient (Wildman–Crippen LogP) is 7.15. The second-order valence-electron chi connectivity index (χ2n) is 6.90. The first kappa shape index (κ1) is 15.9. The molecular formula is C26H21N. The highest BCUT2D eigenvalue weighted by Gasteiger charge is 2.12. The zero-order valence-corrected chi connectivity index (χ0v) is 15.4. The lowest BCUT2D eigenvalue weighted by Gasteiger charge is -2.11. The van der Waals surface area contributed by atoms with Gasteiger partial charge in [0.2, 0.25) is 0 Å². The number of hydrogen-bond donors (Lipinski definition) is 0. The summed E-state index contributed by atoms with van der Waals surface area (Å²) in [4.78, 5) is 0. The number of aryl methyl sites for hydroxylation is 1. The molecule has 0 aliphatic carbocycles. The average molecular weight is 347 g/mol. The number of fused-ring (bicyclic) bond motifs is 3. The van der Waals surface area contributed by atoms with Crippen LogP contribution < -0.4 is 0 Å². The minimum absolute atomic E-state index is 0.976. The Labute approximate surface area is 159 Å². The van der Waals surface area contributed by atoms with Crippen LogP contribution in [0.4, 0.5) is 0 Å². The molecule has 0 fully saturated rings. The highest BCUT2D eigenvalue weighted by Crippen LogP contribution is 2.36. The van der Waals surface area contributed by atoms with Gasteiger partial charge in [-0.2, -0.15) is 0 Å². The molecule has 0 saturated heterocycles. The van der Waals surface area contributed by atoms with Gasteiger partial charge in [0.1, 0.15) is 0 Å².